The van der Waals surface area contributed by atoms with Gasteiger partial charge in [0.05, 0.1) is 6.54 Å². The Morgan fingerprint density at radius 2 is 1.71 bits per heavy atom. The zero-order chi connectivity index (χ0) is 17.7. The highest BCUT2D eigenvalue weighted by Gasteiger charge is 2.22. The number of hydrogen-bond acceptors (Lipinski definition) is 4. The minimum atomic E-state index is -3.38. The molecule has 0 unspecified atom stereocenters. The van der Waals surface area contributed by atoms with Crippen molar-refractivity contribution in [3.63, 3.8) is 0 Å². The second kappa shape index (κ2) is 7.53. The number of carbonyl (C=O) groups excluding carboxylic acids is 1. The predicted molar refractivity (Wildman–Crippen MR) is 97.1 cm³/mol. The van der Waals surface area contributed by atoms with Crippen molar-refractivity contribution in [1.29, 1.82) is 0 Å². The number of benzene rings is 1. The molecular formula is C17H23N3O3S. The van der Waals surface area contributed by atoms with Gasteiger partial charge in [-0.05, 0) is 36.4 Å². The van der Waals surface area contributed by atoms with E-state index >= 15 is 0 Å². The number of hydrogen-bond donors (Lipinski definition) is 1. The third-order valence-corrected chi connectivity index (χ3v) is 5.32. The van der Waals surface area contributed by atoms with Crippen molar-refractivity contribution in [2.24, 2.45) is 0 Å². The number of aromatic nitrogens is 1. The molecule has 0 radical (unpaired) electrons. The molecule has 2 aromatic rings. The molecule has 2 rings (SSSR count). The van der Waals surface area contributed by atoms with Crippen LogP contribution in [0.15, 0.2) is 42.6 Å². The molecule has 130 valence electrons. The van der Waals surface area contributed by atoms with E-state index in [1.807, 2.05) is 55.4 Å². The van der Waals surface area contributed by atoms with Crippen LogP contribution in [0.1, 0.15) is 12.6 Å². The Labute approximate surface area is 143 Å². The fourth-order valence-electron chi connectivity index (χ4n) is 2.26. The van der Waals surface area contributed by atoms with E-state index < -0.39 is 21.5 Å². The van der Waals surface area contributed by atoms with Crippen molar-refractivity contribution in [2.75, 3.05) is 35.4 Å². The highest BCUT2D eigenvalue weighted by Crippen LogP contribution is 2.21. The number of aromatic amines is 1. The van der Waals surface area contributed by atoms with Crippen LogP contribution < -0.4 is 9.80 Å². The van der Waals surface area contributed by atoms with E-state index in [9.17, 15) is 13.2 Å². The van der Waals surface area contributed by atoms with Crippen molar-refractivity contribution < 1.29 is 13.2 Å². The first-order valence-electron chi connectivity index (χ1n) is 7.73. The summed E-state index contributed by atoms with van der Waals surface area (Å²) in [7, 11) is 0.489. The number of amides is 1. The summed E-state index contributed by atoms with van der Waals surface area (Å²) in [6, 6.07) is 11.2. The van der Waals surface area contributed by atoms with Crippen LogP contribution in [-0.4, -0.2) is 44.9 Å². The Hall–Kier alpha value is -2.28. The normalized spacial score (nSPS) is 11.3. The van der Waals surface area contributed by atoms with Crippen molar-refractivity contribution >= 4 is 27.1 Å². The maximum atomic E-state index is 12.6. The topological polar surface area (TPSA) is 73.5 Å². The smallest absolute Gasteiger partial charge is 0.242 e. The van der Waals surface area contributed by atoms with Crippen LogP contribution in [-0.2, 0) is 21.2 Å². The minimum Gasteiger partial charge on any atom is -0.378 e. The summed E-state index contributed by atoms with van der Waals surface area (Å²) in [5.41, 5.74) is 2.52. The van der Waals surface area contributed by atoms with Crippen molar-refractivity contribution in [3.8, 4) is 0 Å². The molecule has 1 aromatic heterocycles. The van der Waals surface area contributed by atoms with E-state index in [1.165, 1.54) is 4.90 Å². The summed E-state index contributed by atoms with van der Waals surface area (Å²) in [5.74, 6) is -0.960. The van der Waals surface area contributed by atoms with Gasteiger partial charge in [0.25, 0.3) is 0 Å². The molecule has 6 nitrogen and oxygen atoms in total. The average Bonchev–Trinajstić information content (AvgIpc) is 3.05. The van der Waals surface area contributed by atoms with Crippen LogP contribution in [0.4, 0.5) is 11.4 Å². The molecule has 0 aliphatic carbocycles. The summed E-state index contributed by atoms with van der Waals surface area (Å²) < 4.78 is 23.7. The lowest BCUT2D eigenvalue weighted by atomic mass is 10.2. The van der Waals surface area contributed by atoms with Crippen LogP contribution in [0.3, 0.4) is 0 Å². The Morgan fingerprint density at radius 3 is 2.21 bits per heavy atom. The van der Waals surface area contributed by atoms with Crippen molar-refractivity contribution in [1.82, 2.24) is 4.98 Å². The zero-order valence-corrected chi connectivity index (χ0v) is 15.0. The molecule has 7 heteroatoms. The summed E-state index contributed by atoms with van der Waals surface area (Å²) in [6.45, 7) is 1.84. The second-order valence-corrected chi connectivity index (χ2v) is 8.12. The Morgan fingerprint density at radius 1 is 1.08 bits per heavy atom. The summed E-state index contributed by atoms with van der Waals surface area (Å²) in [6.07, 6.45) is 1.77. The second-order valence-electron chi connectivity index (χ2n) is 5.76. The van der Waals surface area contributed by atoms with Gasteiger partial charge in [-0.15, -0.1) is 0 Å². The number of nitrogens with one attached hydrogen (secondary N) is 1. The molecule has 0 saturated carbocycles. The SMILES string of the molecule is CCS(=O)(=O)CC(=O)N(Cc1ccc[nH]1)c1ccc(N(C)C)cc1. The van der Waals surface area contributed by atoms with Gasteiger partial charge in [-0.2, -0.15) is 0 Å². The fourth-order valence-corrected chi connectivity index (χ4v) is 2.99. The van der Waals surface area contributed by atoms with Crippen LogP contribution >= 0.6 is 0 Å². The molecule has 0 aliphatic heterocycles. The minimum absolute atomic E-state index is 0.0470. The summed E-state index contributed by atoms with van der Waals surface area (Å²) in [4.78, 5) is 19.1. The van der Waals surface area contributed by atoms with Gasteiger partial charge in [0, 0.05) is 43.1 Å². The fraction of sp³-hybridized carbons (Fsp3) is 0.353. The monoisotopic (exact) mass is 349 g/mol. The van der Waals surface area contributed by atoms with Gasteiger partial charge in [0.15, 0.2) is 9.84 Å². The van der Waals surface area contributed by atoms with Gasteiger partial charge >= 0.3 is 0 Å². The molecule has 1 N–H and O–H groups in total. The number of rotatable bonds is 7. The molecular weight excluding hydrogens is 326 g/mol. The van der Waals surface area contributed by atoms with Gasteiger partial charge in [0.2, 0.25) is 5.91 Å². The first-order valence-corrected chi connectivity index (χ1v) is 9.55. The van der Waals surface area contributed by atoms with Gasteiger partial charge in [-0.25, -0.2) is 8.42 Å². The van der Waals surface area contributed by atoms with Crippen LogP contribution in [0.5, 0.6) is 0 Å². The third kappa shape index (κ3) is 4.61. The van der Waals surface area contributed by atoms with E-state index in [0.717, 1.165) is 11.4 Å². The first kappa shape index (κ1) is 18.1. The molecule has 1 aromatic carbocycles. The molecule has 0 fully saturated rings. The quantitative estimate of drug-likeness (QED) is 0.830. The van der Waals surface area contributed by atoms with Crippen LogP contribution in [0, 0.1) is 0 Å². The molecule has 24 heavy (non-hydrogen) atoms. The van der Waals surface area contributed by atoms with E-state index in [2.05, 4.69) is 4.98 Å². The van der Waals surface area contributed by atoms with Crippen LogP contribution in [0.25, 0.3) is 0 Å². The predicted octanol–water partition coefficient (Wildman–Crippen LogP) is 2.05. The Bertz CT molecular complexity index is 766. The van der Waals surface area contributed by atoms with Crippen molar-refractivity contribution in [2.45, 2.75) is 13.5 Å². The largest absolute Gasteiger partial charge is 0.378 e. The maximum Gasteiger partial charge on any atom is 0.242 e. The third-order valence-electron chi connectivity index (χ3n) is 3.75. The number of anilines is 2. The maximum absolute atomic E-state index is 12.6. The average molecular weight is 349 g/mol. The summed E-state index contributed by atoms with van der Waals surface area (Å²) in [5, 5.41) is 0. The molecule has 1 amide bonds. The highest BCUT2D eigenvalue weighted by atomic mass is 32.2. The Kier molecular flexibility index (Phi) is 5.66. The van der Waals surface area contributed by atoms with E-state index in [0.29, 0.717) is 12.2 Å². The van der Waals surface area contributed by atoms with Crippen molar-refractivity contribution in [3.05, 3.63) is 48.3 Å². The van der Waals surface area contributed by atoms with Gasteiger partial charge in [-0.3, -0.25) is 4.79 Å². The number of sulfone groups is 1. The van der Waals surface area contributed by atoms with Gasteiger partial charge in [0.1, 0.15) is 5.75 Å². The molecule has 0 saturated heterocycles. The molecule has 0 atom stereocenters. The number of nitrogens with zero attached hydrogens (tertiary/aromatic N) is 2. The molecule has 0 spiro atoms. The lowest BCUT2D eigenvalue weighted by Gasteiger charge is -2.23. The summed E-state index contributed by atoms with van der Waals surface area (Å²) >= 11 is 0. The Balaban J connectivity index is 2.30. The molecule has 0 bridgehead atoms. The highest BCUT2D eigenvalue weighted by molar-refractivity contribution is 7.92. The number of carbonyl (C=O) groups is 1. The lowest BCUT2D eigenvalue weighted by molar-refractivity contribution is -0.116. The number of H-pyrrole nitrogens is 1. The van der Waals surface area contributed by atoms with Gasteiger partial charge in [-0.1, -0.05) is 6.92 Å². The van der Waals surface area contributed by atoms with E-state index in [-0.39, 0.29) is 5.75 Å². The first-order chi connectivity index (χ1) is 11.3. The molecule has 0 aliphatic rings. The molecule has 1 heterocycles. The standard InChI is InChI=1S/C17H23N3O3S/c1-4-24(22,23)13-17(21)20(12-14-6-5-11-18-14)16-9-7-15(8-10-16)19(2)3/h5-11,18H,4,12-13H2,1-3H3. The van der Waals surface area contributed by atoms with Gasteiger partial charge < -0.3 is 14.8 Å². The van der Waals surface area contributed by atoms with Crippen LogP contribution in [0.2, 0.25) is 0 Å². The zero-order valence-electron chi connectivity index (χ0n) is 14.2. The lowest BCUT2D eigenvalue weighted by Crippen LogP contribution is -2.36. The van der Waals surface area contributed by atoms with E-state index in [4.69, 9.17) is 0 Å². The van der Waals surface area contributed by atoms with E-state index in [1.54, 1.807) is 13.1 Å².